The number of unbranched alkanes of at least 4 members (excludes halogenated alkanes) is 9. The normalized spacial score (nSPS) is 13.0. The second-order valence-corrected chi connectivity index (χ2v) is 8.14. The Morgan fingerprint density at radius 3 is 1.61 bits per heavy atom. The van der Waals surface area contributed by atoms with Crippen molar-refractivity contribution in [2.75, 3.05) is 0 Å². The molecule has 0 rings (SSSR count). The van der Waals surface area contributed by atoms with Crippen molar-refractivity contribution in [3.05, 3.63) is 12.2 Å². The summed E-state index contributed by atoms with van der Waals surface area (Å²) in [6.07, 6.45) is 18.7. The van der Waals surface area contributed by atoms with Crippen molar-refractivity contribution >= 4 is 18.5 Å². The van der Waals surface area contributed by atoms with Gasteiger partial charge in [-0.15, -0.1) is 0 Å². The van der Waals surface area contributed by atoms with Crippen LogP contribution in [-0.4, -0.2) is 23.6 Å². The Kier molecular flexibility index (Phi) is 17.9. The highest BCUT2D eigenvalue weighted by Gasteiger charge is 2.12. The summed E-state index contributed by atoms with van der Waals surface area (Å²) in [5.41, 5.74) is 0.303. The fourth-order valence-corrected chi connectivity index (χ4v) is 3.56. The van der Waals surface area contributed by atoms with Gasteiger partial charge in [-0.25, -0.2) is 4.79 Å². The van der Waals surface area contributed by atoms with E-state index in [1.807, 2.05) is 0 Å². The number of rotatable bonds is 21. The van der Waals surface area contributed by atoms with Gasteiger partial charge in [0.05, 0.1) is 0 Å². The first-order valence-corrected chi connectivity index (χ1v) is 11.4. The number of aliphatic carboxylic acids is 1. The zero-order chi connectivity index (χ0) is 21.0. The van der Waals surface area contributed by atoms with E-state index >= 15 is 0 Å². The highest BCUT2D eigenvalue weighted by Crippen LogP contribution is 2.21. The first-order chi connectivity index (χ1) is 13.5. The van der Waals surface area contributed by atoms with E-state index in [9.17, 15) is 14.4 Å². The van der Waals surface area contributed by atoms with Gasteiger partial charge >= 0.3 is 5.97 Å². The minimum Gasteiger partial charge on any atom is -0.478 e. The third-order valence-corrected chi connectivity index (χ3v) is 5.58. The maximum Gasteiger partial charge on any atom is 0.330 e. The topological polar surface area (TPSA) is 71.4 Å². The van der Waals surface area contributed by atoms with Crippen LogP contribution >= 0.6 is 0 Å². The lowest BCUT2D eigenvalue weighted by atomic mass is 9.90. The molecule has 0 amide bonds. The maximum atomic E-state index is 11.3. The van der Waals surface area contributed by atoms with Crippen LogP contribution in [0.3, 0.4) is 0 Å². The van der Waals surface area contributed by atoms with Crippen LogP contribution < -0.4 is 0 Å². The molecule has 0 saturated carbocycles. The molecule has 0 aromatic rings. The summed E-state index contributed by atoms with van der Waals surface area (Å²) in [5.74, 6) is -0.669. The standard InChI is InChI=1S/C24H42O4/c1-3-4-5-12-15-22(19-25)17-18-23(20-26)16-13-10-8-6-7-9-11-14-21(2)24(27)28/h19-20,22-23H,2-18H2,1H3,(H,27,28). The molecule has 2 atom stereocenters. The lowest BCUT2D eigenvalue weighted by molar-refractivity contribution is -0.132. The van der Waals surface area contributed by atoms with Crippen LogP contribution in [0.4, 0.5) is 0 Å². The summed E-state index contributed by atoms with van der Waals surface area (Å²) in [6.45, 7) is 5.73. The Morgan fingerprint density at radius 2 is 1.18 bits per heavy atom. The molecule has 0 aromatic carbocycles. The van der Waals surface area contributed by atoms with Crippen LogP contribution in [0.25, 0.3) is 0 Å². The number of carboxylic acids is 1. The van der Waals surface area contributed by atoms with Crippen molar-refractivity contribution < 1.29 is 19.5 Å². The SMILES string of the molecule is C=C(CCCCCCCCCC(C=O)CCC(C=O)CCCCCC)C(=O)O. The van der Waals surface area contributed by atoms with Crippen molar-refractivity contribution in [1.82, 2.24) is 0 Å². The van der Waals surface area contributed by atoms with Crippen LogP contribution in [0.15, 0.2) is 12.2 Å². The molecule has 0 aliphatic carbocycles. The number of aldehydes is 2. The molecule has 0 radical (unpaired) electrons. The summed E-state index contributed by atoms with van der Waals surface area (Å²) in [6, 6.07) is 0. The Hall–Kier alpha value is -1.45. The Labute approximate surface area is 172 Å². The van der Waals surface area contributed by atoms with E-state index in [2.05, 4.69) is 13.5 Å². The van der Waals surface area contributed by atoms with E-state index in [4.69, 9.17) is 5.11 Å². The molecule has 4 heteroatoms. The van der Waals surface area contributed by atoms with Gasteiger partial charge in [0.2, 0.25) is 0 Å². The second-order valence-electron chi connectivity index (χ2n) is 8.14. The molecule has 0 fully saturated rings. The van der Waals surface area contributed by atoms with Crippen LogP contribution in [0.2, 0.25) is 0 Å². The van der Waals surface area contributed by atoms with E-state index < -0.39 is 5.97 Å². The van der Waals surface area contributed by atoms with Gasteiger partial charge in [-0.05, 0) is 38.5 Å². The minimum absolute atomic E-state index is 0.0973. The van der Waals surface area contributed by atoms with Crippen molar-refractivity contribution in [2.45, 2.75) is 110 Å². The molecule has 0 aliphatic rings. The van der Waals surface area contributed by atoms with Crippen LogP contribution in [-0.2, 0) is 14.4 Å². The Bertz CT molecular complexity index is 430. The van der Waals surface area contributed by atoms with Gasteiger partial charge in [0.25, 0.3) is 0 Å². The molecule has 0 spiro atoms. The van der Waals surface area contributed by atoms with E-state index in [1.54, 1.807) is 0 Å². The zero-order valence-electron chi connectivity index (χ0n) is 18.0. The third kappa shape index (κ3) is 15.6. The lowest BCUT2D eigenvalue weighted by Crippen LogP contribution is -2.08. The second kappa shape index (κ2) is 18.9. The quantitative estimate of drug-likeness (QED) is 0.137. The Morgan fingerprint density at radius 1 is 0.750 bits per heavy atom. The third-order valence-electron chi connectivity index (χ3n) is 5.58. The van der Waals surface area contributed by atoms with Gasteiger partial charge in [-0.1, -0.05) is 77.7 Å². The smallest absolute Gasteiger partial charge is 0.330 e. The number of carbonyl (C=O) groups excluding carboxylic acids is 2. The van der Waals surface area contributed by atoms with Gasteiger partial charge in [0.1, 0.15) is 12.6 Å². The minimum atomic E-state index is -0.888. The van der Waals surface area contributed by atoms with Crippen molar-refractivity contribution in [3.63, 3.8) is 0 Å². The maximum absolute atomic E-state index is 11.3. The molecule has 0 aromatic heterocycles. The number of carbonyl (C=O) groups is 3. The highest BCUT2D eigenvalue weighted by atomic mass is 16.4. The zero-order valence-corrected chi connectivity index (χ0v) is 18.0. The van der Waals surface area contributed by atoms with Crippen molar-refractivity contribution in [1.29, 1.82) is 0 Å². The van der Waals surface area contributed by atoms with Crippen LogP contribution in [0.1, 0.15) is 110 Å². The first kappa shape index (κ1) is 26.6. The fourth-order valence-electron chi connectivity index (χ4n) is 3.56. The van der Waals surface area contributed by atoms with Gasteiger partial charge in [-0.3, -0.25) is 0 Å². The van der Waals surface area contributed by atoms with E-state index in [0.717, 1.165) is 83.2 Å². The first-order valence-electron chi connectivity index (χ1n) is 11.4. The van der Waals surface area contributed by atoms with Crippen LogP contribution in [0.5, 0.6) is 0 Å². The molecule has 2 unspecified atom stereocenters. The predicted octanol–water partition coefficient (Wildman–Crippen LogP) is 6.52. The molecular weight excluding hydrogens is 352 g/mol. The summed E-state index contributed by atoms with van der Waals surface area (Å²) < 4.78 is 0. The molecular formula is C24H42O4. The molecule has 162 valence electrons. The molecule has 0 bridgehead atoms. The summed E-state index contributed by atoms with van der Waals surface area (Å²) in [4.78, 5) is 33.2. The Balaban J connectivity index is 3.66. The van der Waals surface area contributed by atoms with Crippen LogP contribution in [0, 0.1) is 11.8 Å². The molecule has 0 saturated heterocycles. The highest BCUT2D eigenvalue weighted by molar-refractivity contribution is 5.85. The van der Waals surface area contributed by atoms with Crippen molar-refractivity contribution in [2.24, 2.45) is 11.8 Å². The fraction of sp³-hybridized carbons (Fsp3) is 0.792. The number of hydrogen-bond acceptors (Lipinski definition) is 3. The summed E-state index contributed by atoms with van der Waals surface area (Å²) in [5, 5.41) is 8.75. The van der Waals surface area contributed by atoms with Gasteiger partial charge in [0, 0.05) is 17.4 Å². The van der Waals surface area contributed by atoms with Gasteiger partial charge in [0.15, 0.2) is 0 Å². The summed E-state index contributed by atoms with van der Waals surface area (Å²) >= 11 is 0. The van der Waals surface area contributed by atoms with Gasteiger partial charge in [-0.2, -0.15) is 0 Å². The van der Waals surface area contributed by atoms with Gasteiger partial charge < -0.3 is 14.7 Å². The molecule has 4 nitrogen and oxygen atoms in total. The van der Waals surface area contributed by atoms with E-state index in [0.29, 0.717) is 12.0 Å². The average Bonchev–Trinajstić information content (AvgIpc) is 2.69. The van der Waals surface area contributed by atoms with E-state index in [-0.39, 0.29) is 11.8 Å². The number of carboxylic acid groups (broad SMARTS) is 1. The molecule has 28 heavy (non-hydrogen) atoms. The largest absolute Gasteiger partial charge is 0.478 e. The van der Waals surface area contributed by atoms with Crippen molar-refractivity contribution in [3.8, 4) is 0 Å². The lowest BCUT2D eigenvalue weighted by Gasteiger charge is -2.14. The molecule has 0 heterocycles. The molecule has 1 N–H and O–H groups in total. The summed E-state index contributed by atoms with van der Waals surface area (Å²) in [7, 11) is 0. The van der Waals surface area contributed by atoms with E-state index in [1.165, 1.54) is 25.7 Å². The molecule has 0 aliphatic heterocycles. The number of hydrogen-bond donors (Lipinski definition) is 1. The predicted molar refractivity (Wildman–Crippen MR) is 115 cm³/mol. The average molecular weight is 395 g/mol. The monoisotopic (exact) mass is 394 g/mol.